The van der Waals surface area contributed by atoms with Crippen LogP contribution < -0.4 is 5.32 Å². The molecular weight excluding hydrogens is 268 g/mol. The second kappa shape index (κ2) is 8.05. The molecule has 2 rings (SSSR count). The lowest BCUT2D eigenvalue weighted by atomic mass is 9.97. The van der Waals surface area contributed by atoms with Crippen LogP contribution in [0.2, 0.25) is 0 Å². The molecule has 0 bridgehead atoms. The normalized spacial score (nSPS) is 19.1. The van der Waals surface area contributed by atoms with Gasteiger partial charge in [0, 0.05) is 12.6 Å². The van der Waals surface area contributed by atoms with E-state index in [0.29, 0.717) is 6.54 Å². The minimum absolute atomic E-state index is 0.0926. The van der Waals surface area contributed by atoms with Gasteiger partial charge in [-0.05, 0) is 44.9 Å². The number of hydrogen-bond acceptors (Lipinski definition) is 2. The molecule has 1 fully saturated rings. The summed E-state index contributed by atoms with van der Waals surface area (Å²) in [5.74, 6) is -0.938. The fourth-order valence-electron chi connectivity index (χ4n) is 3.29. The molecular formula is C16H26N2O3. The van der Waals surface area contributed by atoms with E-state index in [1.807, 2.05) is 0 Å². The second-order valence-electron chi connectivity index (χ2n) is 6.05. The highest BCUT2D eigenvalue weighted by Crippen LogP contribution is 2.23. The molecule has 2 N–H and O–H groups in total. The molecule has 2 aliphatic rings. The summed E-state index contributed by atoms with van der Waals surface area (Å²) in [5, 5.41) is 11.9. The first kappa shape index (κ1) is 15.9. The number of nitrogens with zero attached hydrogens (tertiary/aromatic N) is 1. The van der Waals surface area contributed by atoms with Gasteiger partial charge in [0.1, 0.15) is 6.54 Å². The Hall–Kier alpha value is -1.52. The third-order valence-electron chi connectivity index (χ3n) is 4.44. The number of rotatable bonds is 6. The van der Waals surface area contributed by atoms with Crippen molar-refractivity contribution >= 4 is 12.0 Å². The van der Waals surface area contributed by atoms with Crippen LogP contribution >= 0.6 is 0 Å². The number of urea groups is 1. The van der Waals surface area contributed by atoms with Crippen LogP contribution in [0.15, 0.2) is 11.6 Å². The first-order chi connectivity index (χ1) is 10.2. The molecule has 118 valence electrons. The minimum atomic E-state index is -0.938. The lowest BCUT2D eigenvalue weighted by molar-refractivity contribution is -0.138. The number of nitrogens with one attached hydrogen (secondary N) is 1. The molecule has 21 heavy (non-hydrogen) atoms. The van der Waals surface area contributed by atoms with E-state index in [1.54, 1.807) is 0 Å². The van der Waals surface area contributed by atoms with Gasteiger partial charge in [0.2, 0.25) is 0 Å². The van der Waals surface area contributed by atoms with Crippen molar-refractivity contribution in [1.29, 1.82) is 0 Å². The van der Waals surface area contributed by atoms with Gasteiger partial charge in [-0.3, -0.25) is 4.79 Å². The van der Waals surface area contributed by atoms with Gasteiger partial charge < -0.3 is 15.3 Å². The van der Waals surface area contributed by atoms with Crippen molar-refractivity contribution in [2.45, 2.75) is 63.8 Å². The maximum absolute atomic E-state index is 12.2. The Bertz CT molecular complexity index is 400. The zero-order valence-corrected chi connectivity index (χ0v) is 12.6. The van der Waals surface area contributed by atoms with Crippen molar-refractivity contribution in [3.05, 3.63) is 11.6 Å². The molecule has 2 aliphatic carbocycles. The van der Waals surface area contributed by atoms with Crippen molar-refractivity contribution in [2.75, 3.05) is 13.1 Å². The van der Waals surface area contributed by atoms with Gasteiger partial charge in [0.15, 0.2) is 0 Å². The summed E-state index contributed by atoms with van der Waals surface area (Å²) in [7, 11) is 0. The van der Waals surface area contributed by atoms with Crippen LogP contribution in [-0.2, 0) is 4.79 Å². The first-order valence-electron chi connectivity index (χ1n) is 8.11. The Morgan fingerprint density at radius 3 is 2.62 bits per heavy atom. The Balaban J connectivity index is 1.79. The highest BCUT2D eigenvalue weighted by atomic mass is 16.4. The average molecular weight is 294 g/mol. The van der Waals surface area contributed by atoms with Crippen LogP contribution in [0, 0.1) is 0 Å². The Labute approximate surface area is 126 Å². The third kappa shape index (κ3) is 5.06. The molecule has 5 heteroatoms. The van der Waals surface area contributed by atoms with Crippen LogP contribution in [-0.4, -0.2) is 41.1 Å². The summed E-state index contributed by atoms with van der Waals surface area (Å²) in [5.41, 5.74) is 1.42. The van der Waals surface area contributed by atoms with Crippen LogP contribution in [0.5, 0.6) is 0 Å². The SMILES string of the molecule is O=C(O)CN(C(=O)NCCC1=CCCCC1)C1CCCC1. The van der Waals surface area contributed by atoms with Crippen molar-refractivity contribution in [2.24, 2.45) is 0 Å². The molecule has 0 spiro atoms. The summed E-state index contributed by atoms with van der Waals surface area (Å²) in [6.07, 6.45) is 12.0. The van der Waals surface area contributed by atoms with Crippen molar-refractivity contribution in [3.63, 3.8) is 0 Å². The molecule has 0 heterocycles. The minimum Gasteiger partial charge on any atom is -0.480 e. The fourth-order valence-corrected chi connectivity index (χ4v) is 3.29. The first-order valence-corrected chi connectivity index (χ1v) is 8.11. The predicted octanol–water partition coefficient (Wildman–Crippen LogP) is 2.92. The van der Waals surface area contributed by atoms with E-state index in [1.165, 1.54) is 23.3 Å². The van der Waals surface area contributed by atoms with Crippen molar-refractivity contribution in [1.82, 2.24) is 10.2 Å². The van der Waals surface area contributed by atoms with Gasteiger partial charge in [0.05, 0.1) is 0 Å². The molecule has 0 aliphatic heterocycles. The molecule has 0 unspecified atom stereocenters. The van der Waals surface area contributed by atoms with Gasteiger partial charge in [-0.15, -0.1) is 0 Å². The number of aliphatic carboxylic acids is 1. The van der Waals surface area contributed by atoms with E-state index in [2.05, 4.69) is 11.4 Å². The molecule has 0 radical (unpaired) electrons. The number of amides is 2. The van der Waals surface area contributed by atoms with Crippen LogP contribution in [0.4, 0.5) is 4.79 Å². The van der Waals surface area contributed by atoms with Gasteiger partial charge in [-0.25, -0.2) is 4.79 Å². The second-order valence-corrected chi connectivity index (χ2v) is 6.05. The fraction of sp³-hybridized carbons (Fsp3) is 0.750. The van der Waals surface area contributed by atoms with E-state index in [-0.39, 0.29) is 18.6 Å². The lowest BCUT2D eigenvalue weighted by Crippen LogP contribution is -2.47. The Morgan fingerprint density at radius 2 is 2.00 bits per heavy atom. The van der Waals surface area contributed by atoms with E-state index in [9.17, 15) is 9.59 Å². The topological polar surface area (TPSA) is 69.6 Å². The van der Waals surface area contributed by atoms with Crippen LogP contribution in [0.3, 0.4) is 0 Å². The highest BCUT2D eigenvalue weighted by Gasteiger charge is 2.28. The average Bonchev–Trinajstić information content (AvgIpc) is 2.99. The summed E-state index contributed by atoms with van der Waals surface area (Å²) in [6, 6.07) is -0.129. The van der Waals surface area contributed by atoms with Gasteiger partial charge in [-0.1, -0.05) is 24.5 Å². The van der Waals surface area contributed by atoms with Gasteiger partial charge >= 0.3 is 12.0 Å². The maximum Gasteiger partial charge on any atom is 0.323 e. The number of carbonyl (C=O) groups is 2. The number of carboxylic acids is 1. The highest BCUT2D eigenvalue weighted by molar-refractivity contribution is 5.80. The predicted molar refractivity (Wildman–Crippen MR) is 81.2 cm³/mol. The summed E-state index contributed by atoms with van der Waals surface area (Å²) < 4.78 is 0. The van der Waals surface area contributed by atoms with Crippen LogP contribution in [0.1, 0.15) is 57.8 Å². The molecule has 5 nitrogen and oxygen atoms in total. The lowest BCUT2D eigenvalue weighted by Gasteiger charge is -2.27. The maximum atomic E-state index is 12.2. The number of carboxylic acid groups (broad SMARTS) is 1. The van der Waals surface area contributed by atoms with E-state index in [4.69, 9.17) is 5.11 Å². The zero-order valence-electron chi connectivity index (χ0n) is 12.6. The largest absolute Gasteiger partial charge is 0.480 e. The standard InChI is InChI=1S/C16H26N2O3/c19-15(20)12-18(14-8-4-5-9-14)16(21)17-11-10-13-6-2-1-3-7-13/h6,14H,1-5,7-12H2,(H,17,21)(H,19,20). The third-order valence-corrected chi connectivity index (χ3v) is 4.44. The summed E-state index contributed by atoms with van der Waals surface area (Å²) in [4.78, 5) is 24.7. The monoisotopic (exact) mass is 294 g/mol. The van der Waals surface area contributed by atoms with Crippen molar-refractivity contribution in [3.8, 4) is 0 Å². The molecule has 0 aromatic rings. The summed E-state index contributed by atoms with van der Waals surface area (Å²) in [6.45, 7) is 0.409. The molecule has 0 aromatic carbocycles. The molecule has 0 atom stereocenters. The molecule has 1 saturated carbocycles. The Kier molecular flexibility index (Phi) is 6.08. The summed E-state index contributed by atoms with van der Waals surface area (Å²) >= 11 is 0. The quantitative estimate of drug-likeness (QED) is 0.740. The van der Waals surface area contributed by atoms with E-state index in [0.717, 1.165) is 44.9 Å². The molecule has 0 saturated heterocycles. The number of hydrogen-bond donors (Lipinski definition) is 2. The van der Waals surface area contributed by atoms with E-state index >= 15 is 0 Å². The van der Waals surface area contributed by atoms with Gasteiger partial charge in [-0.2, -0.15) is 0 Å². The Morgan fingerprint density at radius 1 is 1.24 bits per heavy atom. The van der Waals surface area contributed by atoms with Crippen molar-refractivity contribution < 1.29 is 14.7 Å². The van der Waals surface area contributed by atoms with Gasteiger partial charge in [0.25, 0.3) is 0 Å². The number of carbonyl (C=O) groups excluding carboxylic acids is 1. The molecule has 0 aromatic heterocycles. The van der Waals surface area contributed by atoms with Crippen LogP contribution in [0.25, 0.3) is 0 Å². The smallest absolute Gasteiger partial charge is 0.323 e. The molecule has 2 amide bonds. The van der Waals surface area contributed by atoms with E-state index < -0.39 is 5.97 Å². The zero-order chi connectivity index (χ0) is 15.1. The number of allylic oxidation sites excluding steroid dienone is 1.